The molecule has 0 aliphatic rings. The van der Waals surface area contributed by atoms with E-state index in [1.165, 1.54) is 6.07 Å². The predicted molar refractivity (Wildman–Crippen MR) is 58.2 cm³/mol. The number of rotatable bonds is 3. The number of nitrogens with two attached hydrogens (primary N) is 1. The Morgan fingerprint density at radius 3 is 2.53 bits per heavy atom. The zero-order valence-corrected chi connectivity index (χ0v) is 9.30. The molecule has 0 aliphatic heterocycles. The lowest BCUT2D eigenvalue weighted by Gasteiger charge is -2.25. The summed E-state index contributed by atoms with van der Waals surface area (Å²) >= 11 is 0. The minimum atomic E-state index is -0.704. The monoisotopic (exact) mass is 209 g/mol. The molecule has 2 nitrogen and oxygen atoms in total. The highest BCUT2D eigenvalue weighted by Gasteiger charge is 2.25. The van der Waals surface area contributed by atoms with Gasteiger partial charge in [-0.1, -0.05) is 32.9 Å². The Hall–Kier alpha value is -1.38. The minimum absolute atomic E-state index is 0.0179. The zero-order valence-electron chi connectivity index (χ0n) is 9.30. The summed E-state index contributed by atoms with van der Waals surface area (Å²) in [6.45, 7) is 5.93. The Balaban J connectivity index is 3.42. The molecule has 0 spiro atoms. The third kappa shape index (κ3) is 2.17. The van der Waals surface area contributed by atoms with Crippen LogP contribution in [-0.4, -0.2) is 5.91 Å². The fourth-order valence-electron chi connectivity index (χ4n) is 1.53. The van der Waals surface area contributed by atoms with Crippen LogP contribution >= 0.6 is 0 Å². The Bertz CT molecular complexity index is 385. The fraction of sp³-hybridized carbons (Fsp3) is 0.417. The molecule has 2 N–H and O–H groups in total. The number of hydrogen-bond acceptors (Lipinski definition) is 1. The van der Waals surface area contributed by atoms with Gasteiger partial charge in [0.05, 0.1) is 5.56 Å². The van der Waals surface area contributed by atoms with Gasteiger partial charge in [-0.2, -0.15) is 0 Å². The normalized spacial score (nSPS) is 11.5. The molecule has 0 bridgehead atoms. The van der Waals surface area contributed by atoms with Crippen LogP contribution in [0.2, 0.25) is 0 Å². The molecule has 0 aliphatic carbocycles. The molecule has 1 rings (SSSR count). The van der Waals surface area contributed by atoms with Crippen LogP contribution in [0.5, 0.6) is 0 Å². The summed E-state index contributed by atoms with van der Waals surface area (Å²) in [7, 11) is 0. The second-order valence-electron chi connectivity index (χ2n) is 4.26. The molecule has 0 fully saturated rings. The van der Waals surface area contributed by atoms with Gasteiger partial charge in [-0.15, -0.1) is 0 Å². The average molecular weight is 209 g/mol. The van der Waals surface area contributed by atoms with Crippen molar-refractivity contribution in [3.63, 3.8) is 0 Å². The van der Waals surface area contributed by atoms with Gasteiger partial charge in [-0.05, 0) is 23.5 Å². The summed E-state index contributed by atoms with van der Waals surface area (Å²) in [5, 5.41) is 0. The first kappa shape index (κ1) is 11.7. The summed E-state index contributed by atoms with van der Waals surface area (Å²) in [4.78, 5) is 11.2. The third-order valence-corrected chi connectivity index (χ3v) is 2.87. The molecule has 0 saturated heterocycles. The molecule has 0 unspecified atom stereocenters. The highest BCUT2D eigenvalue weighted by molar-refractivity contribution is 5.95. The van der Waals surface area contributed by atoms with Gasteiger partial charge in [-0.3, -0.25) is 4.79 Å². The number of halogens is 1. The van der Waals surface area contributed by atoms with Crippen LogP contribution in [0.3, 0.4) is 0 Å². The Kier molecular flexibility index (Phi) is 3.12. The summed E-state index contributed by atoms with van der Waals surface area (Å²) in [5.41, 5.74) is 5.64. The van der Waals surface area contributed by atoms with Crippen molar-refractivity contribution in [2.24, 2.45) is 5.73 Å². The van der Waals surface area contributed by atoms with Gasteiger partial charge in [0, 0.05) is 0 Å². The Morgan fingerprint density at radius 2 is 2.07 bits per heavy atom. The fourth-order valence-corrected chi connectivity index (χ4v) is 1.53. The standard InChI is InChI=1S/C12H16FNO/c1-4-12(2,3)8-6-5-7-9(13)10(8)11(14)15/h5-7H,4H2,1-3H3,(H2,14,15). The van der Waals surface area contributed by atoms with E-state index in [1.807, 2.05) is 20.8 Å². The number of carbonyl (C=O) groups excluding carboxylic acids is 1. The van der Waals surface area contributed by atoms with E-state index in [9.17, 15) is 9.18 Å². The van der Waals surface area contributed by atoms with Crippen molar-refractivity contribution < 1.29 is 9.18 Å². The van der Waals surface area contributed by atoms with Crippen LogP contribution in [0.1, 0.15) is 43.1 Å². The molecule has 0 radical (unpaired) electrons. The first-order chi connectivity index (χ1) is 6.90. The summed E-state index contributed by atoms with van der Waals surface area (Å²) in [6, 6.07) is 4.62. The van der Waals surface area contributed by atoms with Gasteiger partial charge in [-0.25, -0.2) is 4.39 Å². The molecule has 0 heterocycles. The van der Waals surface area contributed by atoms with Crippen LogP contribution < -0.4 is 5.73 Å². The molecule has 15 heavy (non-hydrogen) atoms. The Labute approximate surface area is 89.3 Å². The molecule has 0 aromatic heterocycles. The minimum Gasteiger partial charge on any atom is -0.365 e. The number of benzene rings is 1. The SMILES string of the molecule is CCC(C)(C)c1cccc(F)c1C(N)=O. The predicted octanol–water partition coefficient (Wildman–Crippen LogP) is 2.61. The van der Waals surface area contributed by atoms with Gasteiger partial charge in [0.25, 0.3) is 5.91 Å². The van der Waals surface area contributed by atoms with Gasteiger partial charge in [0.1, 0.15) is 5.82 Å². The van der Waals surface area contributed by atoms with E-state index < -0.39 is 11.7 Å². The van der Waals surface area contributed by atoms with Crippen LogP contribution in [0.15, 0.2) is 18.2 Å². The lowest BCUT2D eigenvalue weighted by molar-refractivity contribution is 0.0994. The van der Waals surface area contributed by atoms with Crippen molar-refractivity contribution in [2.75, 3.05) is 0 Å². The number of primary amides is 1. The van der Waals surface area contributed by atoms with E-state index in [0.29, 0.717) is 5.56 Å². The van der Waals surface area contributed by atoms with Gasteiger partial charge < -0.3 is 5.73 Å². The molecule has 1 aromatic carbocycles. The molecule has 0 atom stereocenters. The molecule has 1 aromatic rings. The first-order valence-electron chi connectivity index (χ1n) is 4.99. The van der Waals surface area contributed by atoms with Crippen molar-refractivity contribution >= 4 is 5.91 Å². The van der Waals surface area contributed by atoms with Crippen molar-refractivity contribution in [3.05, 3.63) is 35.1 Å². The lowest BCUT2D eigenvalue weighted by atomic mass is 9.79. The second kappa shape index (κ2) is 4.01. The maximum Gasteiger partial charge on any atom is 0.251 e. The van der Waals surface area contributed by atoms with Gasteiger partial charge >= 0.3 is 0 Å². The molecule has 1 amide bonds. The first-order valence-corrected chi connectivity index (χ1v) is 4.99. The van der Waals surface area contributed by atoms with Crippen molar-refractivity contribution in [3.8, 4) is 0 Å². The summed E-state index contributed by atoms with van der Waals surface area (Å²) in [6.07, 6.45) is 0.816. The molecular formula is C12H16FNO. The van der Waals surface area contributed by atoms with Crippen LogP contribution in [0.25, 0.3) is 0 Å². The van der Waals surface area contributed by atoms with Gasteiger partial charge in [0.15, 0.2) is 0 Å². The summed E-state index contributed by atoms with van der Waals surface area (Å²) < 4.78 is 13.5. The van der Waals surface area contributed by atoms with E-state index in [-0.39, 0.29) is 11.0 Å². The molecular weight excluding hydrogens is 193 g/mol. The number of hydrogen-bond donors (Lipinski definition) is 1. The van der Waals surface area contributed by atoms with E-state index in [2.05, 4.69) is 0 Å². The van der Waals surface area contributed by atoms with E-state index in [4.69, 9.17) is 5.73 Å². The van der Waals surface area contributed by atoms with E-state index in [0.717, 1.165) is 6.42 Å². The van der Waals surface area contributed by atoms with E-state index >= 15 is 0 Å². The van der Waals surface area contributed by atoms with Gasteiger partial charge in [0.2, 0.25) is 0 Å². The smallest absolute Gasteiger partial charge is 0.251 e. The zero-order chi connectivity index (χ0) is 11.6. The van der Waals surface area contributed by atoms with Crippen LogP contribution in [0.4, 0.5) is 4.39 Å². The largest absolute Gasteiger partial charge is 0.365 e. The second-order valence-corrected chi connectivity index (χ2v) is 4.26. The van der Waals surface area contributed by atoms with Crippen LogP contribution in [0, 0.1) is 5.82 Å². The Morgan fingerprint density at radius 1 is 1.47 bits per heavy atom. The van der Waals surface area contributed by atoms with Crippen molar-refractivity contribution in [1.29, 1.82) is 0 Å². The maximum absolute atomic E-state index is 13.5. The van der Waals surface area contributed by atoms with Crippen LogP contribution in [-0.2, 0) is 5.41 Å². The highest BCUT2D eigenvalue weighted by atomic mass is 19.1. The van der Waals surface area contributed by atoms with E-state index in [1.54, 1.807) is 12.1 Å². The maximum atomic E-state index is 13.5. The van der Waals surface area contributed by atoms with Crippen molar-refractivity contribution in [1.82, 2.24) is 0 Å². The topological polar surface area (TPSA) is 43.1 Å². The quantitative estimate of drug-likeness (QED) is 0.817. The molecule has 0 saturated carbocycles. The number of carbonyl (C=O) groups is 1. The highest BCUT2D eigenvalue weighted by Crippen LogP contribution is 2.30. The van der Waals surface area contributed by atoms with Crippen molar-refractivity contribution in [2.45, 2.75) is 32.6 Å². The molecule has 82 valence electrons. The lowest BCUT2D eigenvalue weighted by Crippen LogP contribution is -2.24. The summed E-state index contributed by atoms with van der Waals surface area (Å²) in [5.74, 6) is -1.24. The molecule has 3 heteroatoms. The number of amides is 1. The average Bonchev–Trinajstić information content (AvgIpc) is 2.16. The third-order valence-electron chi connectivity index (χ3n) is 2.87.